The van der Waals surface area contributed by atoms with Crippen LogP contribution in [0.25, 0.3) is 0 Å². The van der Waals surface area contributed by atoms with Crippen LogP contribution in [-0.2, 0) is 4.79 Å². The summed E-state index contributed by atoms with van der Waals surface area (Å²) in [5.74, 6) is -1.60. The molecule has 0 bridgehead atoms. The van der Waals surface area contributed by atoms with Gasteiger partial charge in [0.2, 0.25) is 0 Å². The van der Waals surface area contributed by atoms with Crippen molar-refractivity contribution in [3.05, 3.63) is 0 Å². The van der Waals surface area contributed by atoms with Gasteiger partial charge in [-0.2, -0.15) is 0 Å². The van der Waals surface area contributed by atoms with Crippen LogP contribution in [0.4, 0.5) is 13.2 Å². The molecule has 0 atom stereocenters. The molecule has 1 aliphatic rings. The van der Waals surface area contributed by atoms with Crippen molar-refractivity contribution in [2.45, 2.75) is 25.4 Å². The van der Waals surface area contributed by atoms with E-state index in [1.807, 2.05) is 0 Å². The first kappa shape index (κ1) is 8.36. The number of carboxylic acid groups (broad SMARTS) is 1. The topological polar surface area (TPSA) is 37.3 Å². The van der Waals surface area contributed by atoms with Crippen molar-refractivity contribution in [2.75, 3.05) is 0 Å². The quantitative estimate of drug-likeness (QED) is 0.677. The molecule has 5 heteroatoms. The average Bonchev–Trinajstić information content (AvgIpc) is 1.78. The summed E-state index contributed by atoms with van der Waals surface area (Å²) in [6.45, 7) is 0. The Bertz CT molecular complexity index is 175. The molecule has 0 amide bonds. The molecule has 0 spiro atoms. The second-order valence-electron chi connectivity index (χ2n) is 2.77. The van der Waals surface area contributed by atoms with Crippen LogP contribution in [0, 0.1) is 5.41 Å². The van der Waals surface area contributed by atoms with E-state index in [9.17, 15) is 18.0 Å². The van der Waals surface area contributed by atoms with Crippen LogP contribution in [-0.4, -0.2) is 23.7 Å². The van der Waals surface area contributed by atoms with Gasteiger partial charge in [0.1, 0.15) is 11.6 Å². The molecule has 1 saturated carbocycles. The maximum absolute atomic E-state index is 12.1. The minimum Gasteiger partial charge on any atom is -0.481 e. The highest BCUT2D eigenvalue weighted by Crippen LogP contribution is 2.47. The first-order valence-electron chi connectivity index (χ1n) is 3.14. The Labute approximate surface area is 61.0 Å². The molecule has 0 radical (unpaired) electrons. The molecule has 11 heavy (non-hydrogen) atoms. The molecule has 0 aromatic rings. The number of carbonyl (C=O) groups is 1. The fraction of sp³-hybridized carbons (Fsp3) is 0.833. The fourth-order valence-electron chi connectivity index (χ4n) is 1.18. The van der Waals surface area contributed by atoms with E-state index in [0.29, 0.717) is 0 Å². The van der Waals surface area contributed by atoms with Crippen LogP contribution in [0.1, 0.15) is 12.8 Å². The first-order chi connectivity index (χ1) is 4.99. The third-order valence-corrected chi connectivity index (χ3v) is 2.02. The predicted molar refractivity (Wildman–Crippen MR) is 30.2 cm³/mol. The number of rotatable bonds is 2. The Balaban J connectivity index is 2.69. The molecular formula is C6H7F3O2. The minimum absolute atomic E-state index is 0.556. The average molecular weight is 168 g/mol. The lowest BCUT2D eigenvalue weighted by molar-refractivity contribution is -0.177. The molecule has 64 valence electrons. The smallest absolute Gasteiger partial charge is 0.315 e. The van der Waals surface area contributed by atoms with Gasteiger partial charge >= 0.3 is 5.97 Å². The minimum atomic E-state index is -2.97. The lowest BCUT2D eigenvalue weighted by Gasteiger charge is -2.39. The van der Waals surface area contributed by atoms with Crippen LogP contribution in [0.3, 0.4) is 0 Å². The molecule has 2 nitrogen and oxygen atoms in total. The van der Waals surface area contributed by atoms with Crippen molar-refractivity contribution >= 4 is 5.97 Å². The van der Waals surface area contributed by atoms with E-state index in [0.717, 1.165) is 0 Å². The zero-order valence-corrected chi connectivity index (χ0v) is 5.56. The highest BCUT2D eigenvalue weighted by Gasteiger charge is 2.57. The van der Waals surface area contributed by atoms with E-state index in [4.69, 9.17) is 5.11 Å². The van der Waals surface area contributed by atoms with Gasteiger partial charge in [-0.05, 0) is 0 Å². The summed E-state index contributed by atoms with van der Waals surface area (Å²) in [4.78, 5) is 10.2. The zero-order chi connectivity index (χ0) is 8.65. The van der Waals surface area contributed by atoms with Crippen molar-refractivity contribution < 1.29 is 23.1 Å². The van der Waals surface area contributed by atoms with Crippen LogP contribution >= 0.6 is 0 Å². The standard InChI is InChI=1S/C6H7F3O2/c7-3-1-6(2-3,4(8)9)5(10)11/h3-4H,1-2H2,(H,10,11). The Morgan fingerprint density at radius 1 is 1.55 bits per heavy atom. The summed E-state index contributed by atoms with van der Waals surface area (Å²) in [7, 11) is 0. The van der Waals surface area contributed by atoms with Gasteiger partial charge in [-0.25, -0.2) is 13.2 Å². The maximum Gasteiger partial charge on any atom is 0.315 e. The Morgan fingerprint density at radius 3 is 2.09 bits per heavy atom. The number of hydrogen-bond donors (Lipinski definition) is 1. The second-order valence-corrected chi connectivity index (χ2v) is 2.77. The molecule has 0 aromatic carbocycles. The summed E-state index contributed by atoms with van der Waals surface area (Å²) >= 11 is 0. The molecule has 1 N–H and O–H groups in total. The van der Waals surface area contributed by atoms with Crippen molar-refractivity contribution in [3.63, 3.8) is 0 Å². The van der Waals surface area contributed by atoms with E-state index >= 15 is 0 Å². The van der Waals surface area contributed by atoms with Gasteiger partial charge in [-0.15, -0.1) is 0 Å². The number of halogens is 3. The summed E-state index contributed by atoms with van der Waals surface area (Å²) in [6, 6.07) is 0. The fourth-order valence-corrected chi connectivity index (χ4v) is 1.18. The van der Waals surface area contributed by atoms with Crippen molar-refractivity contribution in [3.8, 4) is 0 Å². The second kappa shape index (κ2) is 2.39. The van der Waals surface area contributed by atoms with Gasteiger partial charge < -0.3 is 5.11 Å². The van der Waals surface area contributed by atoms with E-state index in [-0.39, 0.29) is 0 Å². The van der Waals surface area contributed by atoms with Gasteiger partial charge in [-0.1, -0.05) is 0 Å². The molecule has 0 aliphatic heterocycles. The molecule has 0 saturated heterocycles. The molecule has 1 aliphatic carbocycles. The highest BCUT2D eigenvalue weighted by molar-refractivity contribution is 5.76. The Morgan fingerprint density at radius 2 is 2.00 bits per heavy atom. The van der Waals surface area contributed by atoms with E-state index < -0.39 is 36.8 Å². The van der Waals surface area contributed by atoms with Crippen molar-refractivity contribution in [2.24, 2.45) is 5.41 Å². The molecule has 0 aromatic heterocycles. The predicted octanol–water partition coefficient (Wildman–Crippen LogP) is 1.45. The van der Waals surface area contributed by atoms with Crippen LogP contribution in [0.15, 0.2) is 0 Å². The summed E-state index contributed by atoms with van der Waals surface area (Å²) in [6.07, 6.45) is -5.45. The van der Waals surface area contributed by atoms with E-state index in [1.54, 1.807) is 0 Å². The van der Waals surface area contributed by atoms with E-state index in [2.05, 4.69) is 0 Å². The summed E-state index contributed by atoms with van der Waals surface area (Å²) < 4.78 is 36.2. The van der Waals surface area contributed by atoms with Crippen molar-refractivity contribution in [1.29, 1.82) is 0 Å². The number of alkyl halides is 3. The molecular weight excluding hydrogens is 161 g/mol. The van der Waals surface area contributed by atoms with Gasteiger partial charge in [0.15, 0.2) is 0 Å². The Hall–Kier alpha value is -0.740. The van der Waals surface area contributed by atoms with Crippen LogP contribution in [0.2, 0.25) is 0 Å². The number of aliphatic carboxylic acids is 1. The first-order valence-corrected chi connectivity index (χ1v) is 3.14. The highest BCUT2D eigenvalue weighted by atomic mass is 19.3. The number of hydrogen-bond acceptors (Lipinski definition) is 1. The van der Waals surface area contributed by atoms with Gasteiger partial charge in [0.25, 0.3) is 6.43 Å². The lowest BCUT2D eigenvalue weighted by atomic mass is 9.68. The lowest BCUT2D eigenvalue weighted by Crippen LogP contribution is -2.50. The SMILES string of the molecule is O=C(O)C1(C(F)F)CC(F)C1. The molecule has 0 heterocycles. The molecule has 1 rings (SSSR count). The van der Waals surface area contributed by atoms with Crippen LogP contribution in [0.5, 0.6) is 0 Å². The molecule has 1 fully saturated rings. The van der Waals surface area contributed by atoms with E-state index in [1.165, 1.54) is 0 Å². The number of carboxylic acids is 1. The molecule has 0 unspecified atom stereocenters. The largest absolute Gasteiger partial charge is 0.481 e. The maximum atomic E-state index is 12.1. The third-order valence-electron chi connectivity index (χ3n) is 2.02. The van der Waals surface area contributed by atoms with Gasteiger partial charge in [-0.3, -0.25) is 4.79 Å². The zero-order valence-electron chi connectivity index (χ0n) is 5.56. The summed E-state index contributed by atoms with van der Waals surface area (Å²) in [5, 5.41) is 8.33. The van der Waals surface area contributed by atoms with Gasteiger partial charge in [0.05, 0.1) is 0 Å². The van der Waals surface area contributed by atoms with Gasteiger partial charge in [0, 0.05) is 12.8 Å². The normalized spacial score (nSPS) is 36.9. The summed E-state index contributed by atoms with van der Waals surface area (Å²) in [5.41, 5.74) is -2.10. The monoisotopic (exact) mass is 168 g/mol. The Kier molecular flexibility index (Phi) is 1.82. The van der Waals surface area contributed by atoms with Crippen molar-refractivity contribution in [1.82, 2.24) is 0 Å². The third kappa shape index (κ3) is 1.08. The van der Waals surface area contributed by atoms with Crippen LogP contribution < -0.4 is 0 Å².